The molecule has 0 saturated carbocycles. The smallest absolute Gasteiger partial charge is 0.222 e. The van der Waals surface area contributed by atoms with Crippen molar-refractivity contribution >= 4 is 22.9 Å². The average Bonchev–Trinajstić information content (AvgIpc) is 3.32. The summed E-state index contributed by atoms with van der Waals surface area (Å²) in [7, 11) is 0. The van der Waals surface area contributed by atoms with Crippen LogP contribution >= 0.6 is 11.3 Å². The number of thiazole rings is 1. The van der Waals surface area contributed by atoms with Crippen LogP contribution in [0.5, 0.6) is 0 Å². The van der Waals surface area contributed by atoms with E-state index in [0.717, 1.165) is 43.0 Å². The van der Waals surface area contributed by atoms with Crippen LogP contribution in [0.25, 0.3) is 11.3 Å². The van der Waals surface area contributed by atoms with Crippen LogP contribution in [-0.2, 0) is 11.3 Å². The van der Waals surface area contributed by atoms with Crippen molar-refractivity contribution in [2.24, 2.45) is 4.99 Å². The summed E-state index contributed by atoms with van der Waals surface area (Å²) >= 11 is 1.68. The summed E-state index contributed by atoms with van der Waals surface area (Å²) in [5.41, 5.74) is 7.17. The molecule has 0 unspecified atom stereocenters. The fourth-order valence-electron chi connectivity index (χ4n) is 3.86. The molecule has 0 N–H and O–H groups in total. The Hall–Kier alpha value is -2.66. The summed E-state index contributed by atoms with van der Waals surface area (Å²) < 4.78 is 2.31. The normalized spacial score (nSPS) is 14.7. The third-order valence-electron chi connectivity index (χ3n) is 5.84. The van der Waals surface area contributed by atoms with Crippen LogP contribution in [-0.4, -0.2) is 28.5 Å². The van der Waals surface area contributed by atoms with Gasteiger partial charge in [0.05, 0.1) is 11.4 Å². The highest BCUT2D eigenvalue weighted by Crippen LogP contribution is 2.23. The van der Waals surface area contributed by atoms with Gasteiger partial charge >= 0.3 is 0 Å². The molecule has 4 rings (SSSR count). The summed E-state index contributed by atoms with van der Waals surface area (Å²) in [6.45, 7) is 8.93. The van der Waals surface area contributed by atoms with Crippen molar-refractivity contribution < 1.29 is 4.79 Å². The first-order chi connectivity index (χ1) is 14.5. The number of hydrogen-bond acceptors (Lipinski definition) is 3. The zero-order chi connectivity index (χ0) is 21.1. The van der Waals surface area contributed by atoms with Gasteiger partial charge in [0.1, 0.15) is 0 Å². The molecule has 1 aliphatic heterocycles. The van der Waals surface area contributed by atoms with E-state index in [9.17, 15) is 4.79 Å². The van der Waals surface area contributed by atoms with Crippen LogP contribution in [0.15, 0.2) is 52.8 Å². The van der Waals surface area contributed by atoms with Crippen molar-refractivity contribution in [2.45, 2.75) is 46.6 Å². The van der Waals surface area contributed by atoms with Gasteiger partial charge in [-0.15, -0.1) is 11.3 Å². The summed E-state index contributed by atoms with van der Waals surface area (Å²) in [6.07, 6.45) is 2.63. The van der Waals surface area contributed by atoms with Gasteiger partial charge in [-0.2, -0.15) is 0 Å². The standard InChI is InChI=1S/C25H29N3OS/c1-18-7-10-21(11-8-18)23-17-30-25(26-22-12-9-19(2)20(3)16-22)28(23)15-5-14-27-13-4-6-24(27)29/h7-12,16-17H,4-6,13-15H2,1-3H3. The Kier molecular flexibility index (Phi) is 6.18. The Morgan fingerprint density at radius 2 is 1.80 bits per heavy atom. The molecular formula is C25H29N3OS. The number of rotatable bonds is 6. The van der Waals surface area contributed by atoms with E-state index in [-0.39, 0.29) is 0 Å². The third kappa shape index (κ3) is 4.57. The van der Waals surface area contributed by atoms with Crippen molar-refractivity contribution in [1.82, 2.24) is 9.47 Å². The van der Waals surface area contributed by atoms with Crippen molar-refractivity contribution in [3.8, 4) is 11.3 Å². The fraction of sp³-hybridized carbons (Fsp3) is 0.360. The van der Waals surface area contributed by atoms with Gasteiger partial charge in [-0.25, -0.2) is 4.99 Å². The predicted molar refractivity (Wildman–Crippen MR) is 124 cm³/mol. The van der Waals surface area contributed by atoms with Crippen molar-refractivity contribution in [3.05, 3.63) is 69.3 Å². The van der Waals surface area contributed by atoms with E-state index in [1.54, 1.807) is 11.3 Å². The Bertz CT molecular complexity index is 1110. The first kappa shape index (κ1) is 20.6. The zero-order valence-electron chi connectivity index (χ0n) is 18.0. The highest BCUT2D eigenvalue weighted by molar-refractivity contribution is 7.07. The molecule has 1 aliphatic rings. The highest BCUT2D eigenvalue weighted by atomic mass is 32.1. The molecule has 4 nitrogen and oxygen atoms in total. The van der Waals surface area contributed by atoms with Gasteiger partial charge in [0.15, 0.2) is 4.80 Å². The topological polar surface area (TPSA) is 37.6 Å². The third-order valence-corrected chi connectivity index (χ3v) is 6.70. The Labute approximate surface area is 182 Å². The molecule has 3 aromatic rings. The highest BCUT2D eigenvalue weighted by Gasteiger charge is 2.19. The van der Waals surface area contributed by atoms with Crippen LogP contribution in [0.1, 0.15) is 36.0 Å². The van der Waals surface area contributed by atoms with Gasteiger partial charge in [0.25, 0.3) is 0 Å². The van der Waals surface area contributed by atoms with Crippen molar-refractivity contribution in [2.75, 3.05) is 13.1 Å². The number of amides is 1. The van der Waals surface area contributed by atoms with Crippen molar-refractivity contribution in [1.29, 1.82) is 0 Å². The van der Waals surface area contributed by atoms with Gasteiger partial charge in [0.2, 0.25) is 5.91 Å². The number of nitrogens with zero attached hydrogens (tertiary/aromatic N) is 3. The molecule has 1 saturated heterocycles. The lowest BCUT2D eigenvalue weighted by atomic mass is 10.1. The van der Waals surface area contributed by atoms with E-state index in [4.69, 9.17) is 4.99 Å². The minimum atomic E-state index is 0.295. The molecule has 0 aliphatic carbocycles. The maximum Gasteiger partial charge on any atom is 0.222 e. The minimum Gasteiger partial charge on any atom is -0.343 e. The maximum atomic E-state index is 12.0. The molecule has 0 spiro atoms. The number of benzene rings is 2. The number of likely N-dealkylation sites (tertiary alicyclic amines) is 1. The van der Waals surface area contributed by atoms with Gasteiger partial charge in [-0.3, -0.25) is 4.79 Å². The molecule has 1 aromatic heterocycles. The number of carbonyl (C=O) groups is 1. The van der Waals surface area contributed by atoms with Crippen LogP contribution in [0.4, 0.5) is 5.69 Å². The molecule has 30 heavy (non-hydrogen) atoms. The number of aryl methyl sites for hydroxylation is 3. The lowest BCUT2D eigenvalue weighted by molar-refractivity contribution is -0.127. The largest absolute Gasteiger partial charge is 0.343 e. The molecule has 0 bridgehead atoms. The average molecular weight is 420 g/mol. The van der Waals surface area contributed by atoms with Crippen LogP contribution in [0.2, 0.25) is 0 Å². The molecule has 0 radical (unpaired) electrons. The Balaban J connectivity index is 1.66. The van der Waals surface area contributed by atoms with E-state index in [1.807, 2.05) is 4.90 Å². The van der Waals surface area contributed by atoms with E-state index < -0.39 is 0 Å². The Morgan fingerprint density at radius 3 is 2.50 bits per heavy atom. The molecule has 156 valence electrons. The zero-order valence-corrected chi connectivity index (χ0v) is 18.8. The SMILES string of the molecule is Cc1ccc(-c2csc(=Nc3ccc(C)c(C)c3)n2CCCN2CCCC2=O)cc1. The second-order valence-electron chi connectivity index (χ2n) is 8.14. The van der Waals surface area contributed by atoms with E-state index >= 15 is 0 Å². The molecule has 0 atom stereocenters. The van der Waals surface area contributed by atoms with Gasteiger partial charge < -0.3 is 9.47 Å². The second-order valence-corrected chi connectivity index (χ2v) is 8.98. The van der Waals surface area contributed by atoms with Gasteiger partial charge in [-0.05, 0) is 62.4 Å². The lowest BCUT2D eigenvalue weighted by Gasteiger charge is -2.16. The van der Waals surface area contributed by atoms with Crippen LogP contribution in [0, 0.1) is 20.8 Å². The molecule has 1 amide bonds. The summed E-state index contributed by atoms with van der Waals surface area (Å²) in [4.78, 5) is 19.9. The van der Waals surface area contributed by atoms with E-state index in [0.29, 0.717) is 12.3 Å². The van der Waals surface area contributed by atoms with Gasteiger partial charge in [-0.1, -0.05) is 35.9 Å². The molecule has 2 aromatic carbocycles. The quantitative estimate of drug-likeness (QED) is 0.528. The van der Waals surface area contributed by atoms with E-state index in [2.05, 4.69) is 73.2 Å². The predicted octanol–water partition coefficient (Wildman–Crippen LogP) is 5.39. The first-order valence-corrected chi connectivity index (χ1v) is 11.5. The van der Waals surface area contributed by atoms with Gasteiger partial charge in [0, 0.05) is 31.4 Å². The Morgan fingerprint density at radius 1 is 1.00 bits per heavy atom. The maximum absolute atomic E-state index is 12.0. The summed E-state index contributed by atoms with van der Waals surface area (Å²) in [5.74, 6) is 0.295. The van der Waals surface area contributed by atoms with E-state index in [1.165, 1.54) is 27.9 Å². The summed E-state index contributed by atoms with van der Waals surface area (Å²) in [5, 5.41) is 2.20. The monoisotopic (exact) mass is 419 g/mol. The minimum absolute atomic E-state index is 0.295. The molecule has 1 fully saturated rings. The summed E-state index contributed by atoms with van der Waals surface area (Å²) in [6, 6.07) is 15.0. The molecule has 2 heterocycles. The van der Waals surface area contributed by atoms with Crippen LogP contribution < -0.4 is 4.80 Å². The molecular weight excluding hydrogens is 390 g/mol. The number of hydrogen-bond donors (Lipinski definition) is 0. The fourth-order valence-corrected chi connectivity index (χ4v) is 4.81. The lowest BCUT2D eigenvalue weighted by Crippen LogP contribution is -2.27. The van der Waals surface area contributed by atoms with Crippen molar-refractivity contribution in [3.63, 3.8) is 0 Å². The van der Waals surface area contributed by atoms with Crippen LogP contribution in [0.3, 0.4) is 0 Å². The molecule has 5 heteroatoms. The second kappa shape index (κ2) is 9.00. The number of aromatic nitrogens is 1. The first-order valence-electron chi connectivity index (χ1n) is 10.7. The number of carbonyl (C=O) groups excluding carboxylic acids is 1.